The van der Waals surface area contributed by atoms with E-state index in [1.54, 1.807) is 6.92 Å². The van der Waals surface area contributed by atoms with Crippen molar-refractivity contribution in [2.24, 2.45) is 0 Å². The SMILES string of the molecule is CCCN1CCN(c2ccc(C(=O)NC3(C(=O)OCC)CCCCC3)cc2)CC1. The van der Waals surface area contributed by atoms with E-state index in [2.05, 4.69) is 22.0 Å². The van der Waals surface area contributed by atoms with Gasteiger partial charge in [-0.2, -0.15) is 0 Å². The predicted octanol–water partition coefficient (Wildman–Crippen LogP) is 3.21. The number of benzene rings is 1. The van der Waals surface area contributed by atoms with Gasteiger partial charge in [-0.3, -0.25) is 9.69 Å². The summed E-state index contributed by atoms with van der Waals surface area (Å²) in [5.74, 6) is -0.492. The number of ether oxygens (including phenoxy) is 1. The van der Waals surface area contributed by atoms with Gasteiger partial charge >= 0.3 is 5.97 Å². The van der Waals surface area contributed by atoms with Crippen molar-refractivity contribution >= 4 is 17.6 Å². The van der Waals surface area contributed by atoms with E-state index in [0.717, 1.165) is 57.7 Å². The topological polar surface area (TPSA) is 61.9 Å². The van der Waals surface area contributed by atoms with E-state index in [-0.39, 0.29) is 11.9 Å². The molecule has 29 heavy (non-hydrogen) atoms. The third-order valence-electron chi connectivity index (χ3n) is 6.13. The summed E-state index contributed by atoms with van der Waals surface area (Å²) in [6, 6.07) is 7.76. The van der Waals surface area contributed by atoms with E-state index in [0.29, 0.717) is 25.0 Å². The molecule has 0 radical (unpaired) electrons. The van der Waals surface area contributed by atoms with E-state index >= 15 is 0 Å². The molecule has 0 bridgehead atoms. The van der Waals surface area contributed by atoms with Gasteiger partial charge in [0.1, 0.15) is 5.54 Å². The van der Waals surface area contributed by atoms with Crippen LogP contribution in [0.5, 0.6) is 0 Å². The molecule has 1 aliphatic carbocycles. The number of nitrogens with one attached hydrogen (secondary N) is 1. The fourth-order valence-corrected chi connectivity index (χ4v) is 4.46. The van der Waals surface area contributed by atoms with E-state index in [1.807, 2.05) is 24.3 Å². The molecule has 1 aromatic carbocycles. The Balaban J connectivity index is 1.63. The van der Waals surface area contributed by atoms with Crippen molar-refractivity contribution in [3.8, 4) is 0 Å². The van der Waals surface area contributed by atoms with E-state index in [1.165, 1.54) is 6.42 Å². The van der Waals surface area contributed by atoms with Gasteiger partial charge in [0.2, 0.25) is 0 Å². The summed E-state index contributed by atoms with van der Waals surface area (Å²) in [6.07, 6.45) is 5.45. The summed E-state index contributed by atoms with van der Waals surface area (Å²) in [4.78, 5) is 30.3. The smallest absolute Gasteiger partial charge is 0.331 e. The maximum absolute atomic E-state index is 12.9. The molecule has 1 aromatic rings. The maximum Gasteiger partial charge on any atom is 0.331 e. The third kappa shape index (κ3) is 5.30. The number of nitrogens with zero attached hydrogens (tertiary/aromatic N) is 2. The van der Waals surface area contributed by atoms with Crippen LogP contribution in [0.1, 0.15) is 62.7 Å². The first-order valence-corrected chi connectivity index (χ1v) is 11.1. The van der Waals surface area contributed by atoms with E-state index in [9.17, 15) is 9.59 Å². The van der Waals surface area contributed by atoms with Crippen LogP contribution in [-0.2, 0) is 9.53 Å². The minimum Gasteiger partial charge on any atom is -0.464 e. The molecule has 6 nitrogen and oxygen atoms in total. The van der Waals surface area contributed by atoms with Crippen molar-refractivity contribution < 1.29 is 14.3 Å². The Morgan fingerprint density at radius 1 is 1.00 bits per heavy atom. The third-order valence-corrected chi connectivity index (χ3v) is 6.13. The molecule has 160 valence electrons. The second-order valence-corrected chi connectivity index (χ2v) is 8.19. The van der Waals surface area contributed by atoms with Gasteiger partial charge in [-0.15, -0.1) is 0 Å². The van der Waals surface area contributed by atoms with Crippen molar-refractivity contribution in [3.63, 3.8) is 0 Å². The number of anilines is 1. The Labute approximate surface area is 174 Å². The van der Waals surface area contributed by atoms with Crippen LogP contribution in [-0.4, -0.2) is 61.6 Å². The van der Waals surface area contributed by atoms with Crippen LogP contribution in [0.25, 0.3) is 0 Å². The Hall–Kier alpha value is -2.08. The lowest BCUT2D eigenvalue weighted by Gasteiger charge is -2.36. The molecule has 0 unspecified atom stereocenters. The molecule has 6 heteroatoms. The van der Waals surface area contributed by atoms with Crippen molar-refractivity contribution in [1.82, 2.24) is 10.2 Å². The Bertz CT molecular complexity index is 675. The van der Waals surface area contributed by atoms with Gasteiger partial charge in [0.05, 0.1) is 6.61 Å². The second-order valence-electron chi connectivity index (χ2n) is 8.19. The number of piperazine rings is 1. The highest BCUT2D eigenvalue weighted by molar-refractivity contribution is 5.98. The van der Waals surface area contributed by atoms with Gasteiger partial charge in [0.15, 0.2) is 0 Å². The molecule has 0 spiro atoms. The van der Waals surface area contributed by atoms with Gasteiger partial charge in [-0.05, 0) is 57.0 Å². The van der Waals surface area contributed by atoms with Crippen LogP contribution in [0.15, 0.2) is 24.3 Å². The van der Waals surface area contributed by atoms with Gasteiger partial charge in [0, 0.05) is 37.4 Å². The first kappa shape index (κ1) is 21.6. The highest BCUT2D eigenvalue weighted by atomic mass is 16.5. The lowest BCUT2D eigenvalue weighted by Crippen LogP contribution is -2.56. The lowest BCUT2D eigenvalue weighted by molar-refractivity contribution is -0.152. The monoisotopic (exact) mass is 401 g/mol. The minimum atomic E-state index is -0.875. The molecule has 1 N–H and O–H groups in total. The zero-order chi connectivity index (χ0) is 20.7. The molecule has 1 heterocycles. The number of carbonyl (C=O) groups excluding carboxylic acids is 2. The van der Waals surface area contributed by atoms with Gasteiger partial charge in [-0.1, -0.05) is 26.2 Å². The summed E-state index contributed by atoms with van der Waals surface area (Å²) < 4.78 is 5.28. The van der Waals surface area contributed by atoms with Crippen molar-refractivity contribution in [3.05, 3.63) is 29.8 Å². The van der Waals surface area contributed by atoms with E-state index in [4.69, 9.17) is 4.74 Å². The molecule has 2 aliphatic rings. The summed E-state index contributed by atoms with van der Waals surface area (Å²) in [6.45, 7) is 9.70. The fourth-order valence-electron chi connectivity index (χ4n) is 4.46. The van der Waals surface area contributed by atoms with Crippen LogP contribution in [0.4, 0.5) is 5.69 Å². The van der Waals surface area contributed by atoms with Crippen LogP contribution < -0.4 is 10.2 Å². The van der Waals surface area contributed by atoms with E-state index < -0.39 is 5.54 Å². The predicted molar refractivity (Wildman–Crippen MR) is 115 cm³/mol. The van der Waals surface area contributed by atoms with Gasteiger partial charge < -0.3 is 15.0 Å². The molecular weight excluding hydrogens is 366 g/mol. The normalized spacial score (nSPS) is 19.6. The van der Waals surface area contributed by atoms with Gasteiger partial charge in [0.25, 0.3) is 5.91 Å². The highest BCUT2D eigenvalue weighted by Crippen LogP contribution is 2.30. The highest BCUT2D eigenvalue weighted by Gasteiger charge is 2.42. The molecule has 3 rings (SSSR count). The molecular formula is C23H35N3O3. The van der Waals surface area contributed by atoms with Crippen LogP contribution in [0, 0.1) is 0 Å². The standard InChI is InChI=1S/C23H35N3O3/c1-3-14-25-15-17-26(18-16-25)20-10-8-19(9-11-20)21(27)24-23(22(28)29-4-2)12-6-5-7-13-23/h8-11H,3-7,12-18H2,1-2H3,(H,24,27). The van der Waals surface area contributed by atoms with Crippen molar-refractivity contribution in [2.75, 3.05) is 44.2 Å². The lowest BCUT2D eigenvalue weighted by atomic mass is 9.81. The fraction of sp³-hybridized carbons (Fsp3) is 0.652. The Morgan fingerprint density at radius 2 is 1.66 bits per heavy atom. The Morgan fingerprint density at radius 3 is 2.24 bits per heavy atom. The van der Waals surface area contributed by atoms with Crippen molar-refractivity contribution in [2.45, 2.75) is 57.9 Å². The molecule has 2 fully saturated rings. The first-order chi connectivity index (χ1) is 14.1. The summed E-state index contributed by atoms with van der Waals surface area (Å²) in [5, 5.41) is 3.02. The zero-order valence-corrected chi connectivity index (χ0v) is 17.9. The number of esters is 1. The van der Waals surface area contributed by atoms with Gasteiger partial charge in [-0.25, -0.2) is 4.79 Å². The zero-order valence-electron chi connectivity index (χ0n) is 17.9. The summed E-state index contributed by atoms with van der Waals surface area (Å²) in [7, 11) is 0. The summed E-state index contributed by atoms with van der Waals surface area (Å²) >= 11 is 0. The number of hydrogen-bond acceptors (Lipinski definition) is 5. The molecule has 1 saturated heterocycles. The molecule has 1 amide bonds. The Kier molecular flexibility index (Phi) is 7.53. The number of rotatable bonds is 7. The average molecular weight is 402 g/mol. The van der Waals surface area contributed by atoms with Crippen LogP contribution >= 0.6 is 0 Å². The van der Waals surface area contributed by atoms with Crippen LogP contribution in [0.2, 0.25) is 0 Å². The first-order valence-electron chi connectivity index (χ1n) is 11.1. The number of carbonyl (C=O) groups is 2. The number of hydrogen-bond donors (Lipinski definition) is 1. The minimum absolute atomic E-state index is 0.195. The molecule has 1 aliphatic heterocycles. The average Bonchev–Trinajstić information content (AvgIpc) is 2.75. The maximum atomic E-state index is 12.9. The number of amides is 1. The summed E-state index contributed by atoms with van der Waals surface area (Å²) in [5.41, 5.74) is 0.864. The molecule has 0 atom stereocenters. The van der Waals surface area contributed by atoms with Crippen molar-refractivity contribution in [1.29, 1.82) is 0 Å². The molecule has 0 aromatic heterocycles. The largest absolute Gasteiger partial charge is 0.464 e. The molecule has 1 saturated carbocycles. The second kappa shape index (κ2) is 10.1. The van der Waals surface area contributed by atoms with Crippen LogP contribution in [0.3, 0.4) is 0 Å². The quantitative estimate of drug-likeness (QED) is 0.711.